The Kier molecular flexibility index (Phi) is 4.51. The molecule has 0 bridgehead atoms. The van der Waals surface area contributed by atoms with Gasteiger partial charge >= 0.3 is 0 Å². The number of phenolic OH excluding ortho intramolecular Hbond substituents is 1. The maximum Gasteiger partial charge on any atom is 0.120 e. The molecule has 1 aliphatic carbocycles. The first kappa shape index (κ1) is 14.9. The quantitative estimate of drug-likeness (QED) is 0.816. The van der Waals surface area contributed by atoms with Crippen molar-refractivity contribution in [2.75, 3.05) is 26.2 Å². The van der Waals surface area contributed by atoms with Gasteiger partial charge in [-0.2, -0.15) is 0 Å². The summed E-state index contributed by atoms with van der Waals surface area (Å²) in [6.45, 7) is 9.25. The van der Waals surface area contributed by atoms with Gasteiger partial charge in [-0.3, -0.25) is 0 Å². The molecule has 3 nitrogen and oxygen atoms in total. The van der Waals surface area contributed by atoms with E-state index in [-0.39, 0.29) is 0 Å². The maximum absolute atomic E-state index is 10.2. The monoisotopic (exact) mass is 288 g/mol. The van der Waals surface area contributed by atoms with Crippen molar-refractivity contribution >= 4 is 0 Å². The summed E-state index contributed by atoms with van der Waals surface area (Å²) in [6, 6.07) is 4.22. The minimum absolute atomic E-state index is 0.327. The molecule has 2 unspecified atom stereocenters. The van der Waals surface area contributed by atoms with E-state index < -0.39 is 0 Å². The van der Waals surface area contributed by atoms with E-state index in [0.29, 0.717) is 17.7 Å². The Bertz CT molecular complexity index is 494. The molecule has 21 heavy (non-hydrogen) atoms. The average molecular weight is 288 g/mol. The highest BCUT2D eigenvalue weighted by Gasteiger charge is 2.31. The van der Waals surface area contributed by atoms with Crippen LogP contribution in [-0.4, -0.2) is 36.2 Å². The molecule has 3 rings (SSSR count). The van der Waals surface area contributed by atoms with Crippen LogP contribution in [0.15, 0.2) is 12.1 Å². The lowest BCUT2D eigenvalue weighted by Crippen LogP contribution is -2.26. The Balaban J connectivity index is 1.57. The SMILES string of the molecule is Cc1ccc(O)c2c1C(C)CC2NCCCN1CCCC1. The van der Waals surface area contributed by atoms with Gasteiger partial charge in [-0.15, -0.1) is 0 Å². The number of benzene rings is 1. The van der Waals surface area contributed by atoms with Gasteiger partial charge in [0.05, 0.1) is 0 Å². The molecule has 0 spiro atoms. The second kappa shape index (κ2) is 6.37. The molecule has 0 radical (unpaired) electrons. The van der Waals surface area contributed by atoms with E-state index in [0.717, 1.165) is 18.5 Å². The molecule has 2 atom stereocenters. The molecule has 116 valence electrons. The third kappa shape index (κ3) is 3.09. The van der Waals surface area contributed by atoms with Crippen LogP contribution >= 0.6 is 0 Å². The van der Waals surface area contributed by atoms with Crippen LogP contribution in [0.25, 0.3) is 0 Å². The van der Waals surface area contributed by atoms with E-state index >= 15 is 0 Å². The van der Waals surface area contributed by atoms with E-state index in [1.165, 1.54) is 50.0 Å². The molecule has 1 heterocycles. The zero-order valence-corrected chi connectivity index (χ0v) is 13.4. The number of aryl methyl sites for hydroxylation is 1. The van der Waals surface area contributed by atoms with Crippen LogP contribution in [0.2, 0.25) is 0 Å². The van der Waals surface area contributed by atoms with E-state index in [1.807, 2.05) is 12.1 Å². The van der Waals surface area contributed by atoms with E-state index in [2.05, 4.69) is 24.1 Å². The number of likely N-dealkylation sites (tertiary alicyclic amines) is 1. The van der Waals surface area contributed by atoms with Crippen molar-refractivity contribution < 1.29 is 5.11 Å². The predicted octanol–water partition coefficient (Wildman–Crippen LogP) is 3.32. The highest BCUT2D eigenvalue weighted by Crippen LogP contribution is 2.45. The third-order valence-electron chi connectivity index (χ3n) is 5.15. The summed E-state index contributed by atoms with van der Waals surface area (Å²) < 4.78 is 0. The van der Waals surface area contributed by atoms with Crippen LogP contribution in [0.5, 0.6) is 5.75 Å². The Morgan fingerprint density at radius 2 is 2.00 bits per heavy atom. The molecule has 1 fully saturated rings. The van der Waals surface area contributed by atoms with Crippen LogP contribution in [0.1, 0.15) is 61.3 Å². The fourth-order valence-corrected chi connectivity index (χ4v) is 4.11. The molecule has 2 aliphatic rings. The van der Waals surface area contributed by atoms with Crippen LogP contribution in [-0.2, 0) is 0 Å². The summed E-state index contributed by atoms with van der Waals surface area (Å²) in [6.07, 6.45) is 5.05. The van der Waals surface area contributed by atoms with Crippen molar-refractivity contribution in [2.24, 2.45) is 0 Å². The van der Waals surface area contributed by atoms with Gasteiger partial charge in [0.1, 0.15) is 5.75 Å². The van der Waals surface area contributed by atoms with Crippen LogP contribution < -0.4 is 5.32 Å². The molecule has 0 saturated carbocycles. The van der Waals surface area contributed by atoms with Crippen LogP contribution in [0.3, 0.4) is 0 Å². The lowest BCUT2D eigenvalue weighted by atomic mass is 9.97. The molecule has 3 heteroatoms. The van der Waals surface area contributed by atoms with Gasteiger partial charge in [0.15, 0.2) is 0 Å². The summed E-state index contributed by atoms with van der Waals surface area (Å²) in [5.74, 6) is 1.01. The number of aromatic hydroxyl groups is 1. The zero-order valence-electron chi connectivity index (χ0n) is 13.4. The largest absolute Gasteiger partial charge is 0.508 e. The van der Waals surface area contributed by atoms with Gasteiger partial charge < -0.3 is 15.3 Å². The first-order valence-electron chi connectivity index (χ1n) is 8.45. The zero-order chi connectivity index (χ0) is 14.8. The normalized spacial score (nSPS) is 25.4. The first-order valence-corrected chi connectivity index (χ1v) is 8.45. The molecular weight excluding hydrogens is 260 g/mol. The number of nitrogens with one attached hydrogen (secondary N) is 1. The Morgan fingerprint density at radius 3 is 2.76 bits per heavy atom. The van der Waals surface area contributed by atoms with Gasteiger partial charge in [0.2, 0.25) is 0 Å². The molecular formula is C18H28N2O. The highest BCUT2D eigenvalue weighted by atomic mass is 16.3. The number of nitrogens with zero attached hydrogens (tertiary/aromatic N) is 1. The predicted molar refractivity (Wildman–Crippen MR) is 86.9 cm³/mol. The van der Waals surface area contributed by atoms with Gasteiger partial charge in [-0.05, 0) is 81.9 Å². The average Bonchev–Trinajstić information content (AvgIpc) is 3.08. The smallest absolute Gasteiger partial charge is 0.120 e. The van der Waals surface area contributed by atoms with Crippen molar-refractivity contribution in [1.29, 1.82) is 0 Å². The van der Waals surface area contributed by atoms with Gasteiger partial charge in [0.25, 0.3) is 0 Å². The van der Waals surface area contributed by atoms with Gasteiger partial charge in [-0.25, -0.2) is 0 Å². The standard InChI is InChI=1S/C18H28N2O/c1-13-6-7-16(21)18-15(12-14(2)17(13)18)19-8-5-11-20-9-3-4-10-20/h6-7,14-15,19,21H,3-5,8-12H2,1-2H3. The summed E-state index contributed by atoms with van der Waals surface area (Å²) in [5.41, 5.74) is 3.84. The van der Waals surface area contributed by atoms with Gasteiger partial charge in [-0.1, -0.05) is 13.0 Å². The van der Waals surface area contributed by atoms with Crippen molar-refractivity contribution in [1.82, 2.24) is 10.2 Å². The lowest BCUT2D eigenvalue weighted by molar-refractivity contribution is 0.326. The second-order valence-corrected chi connectivity index (χ2v) is 6.77. The lowest BCUT2D eigenvalue weighted by Gasteiger charge is -2.18. The fraction of sp³-hybridized carbons (Fsp3) is 0.667. The van der Waals surface area contributed by atoms with E-state index in [1.54, 1.807) is 0 Å². The van der Waals surface area contributed by atoms with Gasteiger partial charge in [0, 0.05) is 11.6 Å². The summed E-state index contributed by atoms with van der Waals surface area (Å²) in [5, 5.41) is 13.9. The first-order chi connectivity index (χ1) is 10.2. The number of rotatable bonds is 5. The Labute approximate surface area is 128 Å². The minimum atomic E-state index is 0.327. The Hall–Kier alpha value is -1.06. The molecule has 0 aromatic heterocycles. The highest BCUT2D eigenvalue weighted by molar-refractivity contribution is 5.50. The van der Waals surface area contributed by atoms with E-state index in [4.69, 9.17) is 0 Å². The molecule has 2 N–H and O–H groups in total. The molecule has 0 amide bonds. The number of phenols is 1. The topological polar surface area (TPSA) is 35.5 Å². The summed E-state index contributed by atoms with van der Waals surface area (Å²) in [7, 11) is 0. The van der Waals surface area contributed by atoms with Crippen molar-refractivity contribution in [2.45, 2.75) is 51.5 Å². The molecule has 1 saturated heterocycles. The van der Waals surface area contributed by atoms with Crippen molar-refractivity contribution in [3.63, 3.8) is 0 Å². The molecule has 1 aromatic rings. The summed E-state index contributed by atoms with van der Waals surface area (Å²) in [4.78, 5) is 2.56. The van der Waals surface area contributed by atoms with Crippen LogP contribution in [0.4, 0.5) is 0 Å². The third-order valence-corrected chi connectivity index (χ3v) is 5.15. The second-order valence-electron chi connectivity index (χ2n) is 6.77. The molecule has 1 aromatic carbocycles. The van der Waals surface area contributed by atoms with E-state index in [9.17, 15) is 5.11 Å². The number of hydrogen-bond acceptors (Lipinski definition) is 3. The molecule has 1 aliphatic heterocycles. The Morgan fingerprint density at radius 1 is 1.24 bits per heavy atom. The fourth-order valence-electron chi connectivity index (χ4n) is 4.11. The summed E-state index contributed by atoms with van der Waals surface area (Å²) >= 11 is 0. The van der Waals surface area contributed by atoms with Crippen molar-refractivity contribution in [3.8, 4) is 5.75 Å². The maximum atomic E-state index is 10.2. The van der Waals surface area contributed by atoms with Crippen molar-refractivity contribution in [3.05, 3.63) is 28.8 Å². The number of hydrogen-bond donors (Lipinski definition) is 2. The minimum Gasteiger partial charge on any atom is -0.508 e. The number of fused-ring (bicyclic) bond motifs is 1. The van der Waals surface area contributed by atoms with Crippen LogP contribution in [0, 0.1) is 6.92 Å².